The van der Waals surface area contributed by atoms with Crippen molar-refractivity contribution in [3.8, 4) is 0 Å². The second kappa shape index (κ2) is 13.4. The van der Waals surface area contributed by atoms with E-state index in [9.17, 15) is 28.8 Å². The normalized spacial score (nSPS) is 13.1. The number of benzene rings is 1. The number of amides is 3. The average molecular weight is 466 g/mol. The minimum Gasteiger partial charge on any atom is -0.481 e. The highest BCUT2D eigenvalue weighted by molar-refractivity contribution is 5.95. The van der Waals surface area contributed by atoms with Gasteiger partial charge in [-0.25, -0.2) is 0 Å². The summed E-state index contributed by atoms with van der Waals surface area (Å²) in [5.74, 6) is -6.94. The van der Waals surface area contributed by atoms with E-state index in [1.54, 1.807) is 30.3 Å². The number of nitrogens with one attached hydrogen (secondary N) is 3. The maximum Gasteiger partial charge on any atom is 0.322 e. The number of carbonyl (C=O) groups is 6. The van der Waals surface area contributed by atoms with Gasteiger partial charge in [-0.05, 0) is 18.4 Å². The van der Waals surface area contributed by atoms with E-state index in [4.69, 9.17) is 21.1 Å². The highest BCUT2D eigenvalue weighted by Gasteiger charge is 2.30. The first-order valence-corrected chi connectivity index (χ1v) is 9.83. The number of carboxylic acid groups (broad SMARTS) is 3. The molecule has 1 aromatic rings. The Morgan fingerprint density at radius 2 is 1.39 bits per heavy atom. The monoisotopic (exact) mass is 466 g/mol. The van der Waals surface area contributed by atoms with Crippen LogP contribution < -0.4 is 21.7 Å². The third kappa shape index (κ3) is 10.7. The first-order chi connectivity index (χ1) is 15.5. The van der Waals surface area contributed by atoms with Crippen LogP contribution in [0.1, 0.15) is 24.8 Å². The third-order valence-electron chi connectivity index (χ3n) is 4.34. The van der Waals surface area contributed by atoms with Crippen molar-refractivity contribution in [1.82, 2.24) is 16.0 Å². The van der Waals surface area contributed by atoms with Gasteiger partial charge in [0.1, 0.15) is 18.6 Å². The standard InChI is InChI=1S/C20H26N4O9/c21-12(8-11-4-2-1-3-5-11)18(31)23-13(6-7-15(25)26)20(33)24-14(9-16(27)28)19(32)22-10-17(29)30/h1-5,12-14H,6-10,21H2,(H,22,32)(H,23,31)(H,24,33)(H,25,26)(H,27,28)(H,29,30). The van der Waals surface area contributed by atoms with E-state index in [-0.39, 0.29) is 12.8 Å². The lowest BCUT2D eigenvalue weighted by Gasteiger charge is -2.23. The molecule has 13 heteroatoms. The van der Waals surface area contributed by atoms with E-state index < -0.39 is 73.1 Å². The van der Waals surface area contributed by atoms with Crippen LogP contribution in [0, 0.1) is 0 Å². The van der Waals surface area contributed by atoms with Crippen LogP contribution in [-0.2, 0) is 35.2 Å². The van der Waals surface area contributed by atoms with Gasteiger partial charge in [-0.1, -0.05) is 30.3 Å². The zero-order valence-electron chi connectivity index (χ0n) is 17.5. The van der Waals surface area contributed by atoms with Gasteiger partial charge in [0.15, 0.2) is 0 Å². The Morgan fingerprint density at radius 3 is 1.94 bits per heavy atom. The molecule has 0 aliphatic heterocycles. The minimum atomic E-state index is -1.66. The number of hydrogen-bond donors (Lipinski definition) is 7. The molecule has 0 aromatic heterocycles. The molecule has 0 fully saturated rings. The maximum absolute atomic E-state index is 12.7. The summed E-state index contributed by atoms with van der Waals surface area (Å²) in [5, 5.41) is 32.9. The summed E-state index contributed by atoms with van der Waals surface area (Å²) < 4.78 is 0. The quantitative estimate of drug-likeness (QED) is 0.161. The molecule has 0 aliphatic carbocycles. The van der Waals surface area contributed by atoms with Gasteiger partial charge in [-0.2, -0.15) is 0 Å². The molecular weight excluding hydrogens is 440 g/mol. The molecule has 0 aliphatic rings. The molecule has 0 spiro atoms. The van der Waals surface area contributed by atoms with Gasteiger partial charge in [-0.15, -0.1) is 0 Å². The van der Waals surface area contributed by atoms with Crippen LogP contribution in [0.15, 0.2) is 30.3 Å². The van der Waals surface area contributed by atoms with Gasteiger partial charge in [0, 0.05) is 6.42 Å². The van der Waals surface area contributed by atoms with Crippen molar-refractivity contribution in [2.24, 2.45) is 5.73 Å². The molecule has 0 bridgehead atoms. The Bertz CT molecular complexity index is 876. The summed E-state index contributed by atoms with van der Waals surface area (Å²) in [7, 11) is 0. The van der Waals surface area contributed by atoms with Crippen molar-refractivity contribution in [3.63, 3.8) is 0 Å². The Hall–Kier alpha value is -4.00. The summed E-state index contributed by atoms with van der Waals surface area (Å²) in [6.45, 7) is -0.807. The van der Waals surface area contributed by atoms with E-state index in [1.165, 1.54) is 0 Å². The Balaban J connectivity index is 2.90. The van der Waals surface area contributed by atoms with Crippen molar-refractivity contribution < 1.29 is 44.1 Å². The molecule has 0 radical (unpaired) electrons. The van der Waals surface area contributed by atoms with Crippen molar-refractivity contribution in [2.75, 3.05) is 6.54 Å². The first-order valence-electron chi connectivity index (χ1n) is 9.83. The fourth-order valence-electron chi connectivity index (χ4n) is 2.72. The molecule has 0 heterocycles. The highest BCUT2D eigenvalue weighted by atomic mass is 16.4. The van der Waals surface area contributed by atoms with E-state index in [2.05, 4.69) is 10.6 Å². The topological polar surface area (TPSA) is 225 Å². The average Bonchev–Trinajstić information content (AvgIpc) is 2.74. The van der Waals surface area contributed by atoms with Crippen molar-refractivity contribution in [2.45, 2.75) is 43.8 Å². The lowest BCUT2D eigenvalue weighted by molar-refractivity contribution is -0.141. The van der Waals surface area contributed by atoms with E-state index >= 15 is 0 Å². The van der Waals surface area contributed by atoms with Crippen molar-refractivity contribution >= 4 is 35.6 Å². The van der Waals surface area contributed by atoms with Gasteiger partial charge in [0.05, 0.1) is 12.5 Å². The number of carboxylic acids is 3. The lowest BCUT2D eigenvalue weighted by atomic mass is 10.0. The van der Waals surface area contributed by atoms with E-state index in [1.807, 2.05) is 5.32 Å². The first kappa shape index (κ1) is 27.0. The fraction of sp³-hybridized carbons (Fsp3) is 0.400. The number of hydrogen-bond acceptors (Lipinski definition) is 7. The van der Waals surface area contributed by atoms with Crippen molar-refractivity contribution in [1.29, 1.82) is 0 Å². The Morgan fingerprint density at radius 1 is 0.788 bits per heavy atom. The van der Waals surface area contributed by atoms with Crippen LogP contribution in [0.2, 0.25) is 0 Å². The molecule has 3 amide bonds. The van der Waals surface area contributed by atoms with Gasteiger partial charge >= 0.3 is 17.9 Å². The van der Waals surface area contributed by atoms with Crippen LogP contribution >= 0.6 is 0 Å². The molecule has 3 atom stereocenters. The molecule has 8 N–H and O–H groups in total. The molecular formula is C20H26N4O9. The predicted molar refractivity (Wildman–Crippen MR) is 112 cm³/mol. The van der Waals surface area contributed by atoms with Gasteiger partial charge < -0.3 is 37.0 Å². The molecule has 0 saturated carbocycles. The molecule has 180 valence electrons. The SMILES string of the molecule is NC(Cc1ccccc1)C(=O)NC(CCC(=O)O)C(=O)NC(CC(=O)O)C(=O)NCC(=O)O. The maximum atomic E-state index is 12.7. The summed E-state index contributed by atoms with van der Waals surface area (Å²) in [6, 6.07) is 4.61. The third-order valence-corrected chi connectivity index (χ3v) is 4.34. The fourth-order valence-corrected chi connectivity index (χ4v) is 2.72. The van der Waals surface area contributed by atoms with Gasteiger partial charge in [0.2, 0.25) is 17.7 Å². The van der Waals surface area contributed by atoms with Crippen molar-refractivity contribution in [3.05, 3.63) is 35.9 Å². The molecule has 1 aromatic carbocycles. The van der Waals surface area contributed by atoms with Crippen LogP contribution in [-0.4, -0.2) is 75.6 Å². The summed E-state index contributed by atoms with van der Waals surface area (Å²) >= 11 is 0. The largest absolute Gasteiger partial charge is 0.481 e. The van der Waals surface area contributed by atoms with Crippen LogP contribution in [0.4, 0.5) is 0 Å². The number of aliphatic carboxylic acids is 3. The number of carbonyl (C=O) groups excluding carboxylic acids is 3. The zero-order chi connectivity index (χ0) is 25.0. The zero-order valence-corrected chi connectivity index (χ0v) is 17.5. The van der Waals surface area contributed by atoms with Crippen LogP contribution in [0.5, 0.6) is 0 Å². The second-order valence-corrected chi connectivity index (χ2v) is 7.06. The predicted octanol–water partition coefficient (Wildman–Crippen LogP) is -1.93. The van der Waals surface area contributed by atoms with Gasteiger partial charge in [0.25, 0.3) is 0 Å². The van der Waals surface area contributed by atoms with Crippen LogP contribution in [0.25, 0.3) is 0 Å². The second-order valence-electron chi connectivity index (χ2n) is 7.06. The molecule has 3 unspecified atom stereocenters. The summed E-state index contributed by atoms with van der Waals surface area (Å²) in [6.07, 6.45) is -1.61. The van der Waals surface area contributed by atoms with E-state index in [0.717, 1.165) is 5.56 Å². The minimum absolute atomic E-state index is 0.138. The van der Waals surface area contributed by atoms with Gasteiger partial charge in [-0.3, -0.25) is 28.8 Å². The summed E-state index contributed by atoms with van der Waals surface area (Å²) in [5.41, 5.74) is 6.63. The molecule has 0 saturated heterocycles. The van der Waals surface area contributed by atoms with E-state index in [0.29, 0.717) is 0 Å². The number of nitrogens with two attached hydrogens (primary N) is 1. The van der Waals surface area contributed by atoms with Crippen LogP contribution in [0.3, 0.4) is 0 Å². The Labute approximate surface area is 188 Å². The smallest absolute Gasteiger partial charge is 0.322 e. The molecule has 13 nitrogen and oxygen atoms in total. The Kier molecular flexibility index (Phi) is 11.0. The molecule has 33 heavy (non-hydrogen) atoms. The number of rotatable bonds is 14. The summed E-state index contributed by atoms with van der Waals surface area (Å²) in [4.78, 5) is 69.8. The highest BCUT2D eigenvalue weighted by Crippen LogP contribution is 2.05. The lowest BCUT2D eigenvalue weighted by Crippen LogP contribution is -2.56. The molecule has 1 rings (SSSR count).